The highest BCUT2D eigenvalue weighted by atomic mass is 14.6. The summed E-state index contributed by atoms with van der Waals surface area (Å²) >= 11 is 0. The van der Waals surface area contributed by atoms with Gasteiger partial charge in [0.25, 0.3) is 0 Å². The molecule has 0 aliphatic rings. The number of rotatable bonds is 5. The lowest BCUT2D eigenvalue weighted by Gasteiger charge is -2.07. The van der Waals surface area contributed by atoms with E-state index in [1.807, 2.05) is 18.2 Å². The summed E-state index contributed by atoms with van der Waals surface area (Å²) in [6.45, 7) is 4.52. The van der Waals surface area contributed by atoms with E-state index in [1.165, 1.54) is 24.8 Å². The number of hydrogen-bond donors (Lipinski definition) is 2. The molecule has 2 nitrogen and oxygen atoms in total. The molecule has 0 spiro atoms. The van der Waals surface area contributed by atoms with Crippen LogP contribution in [0, 0.1) is 5.92 Å². The van der Waals surface area contributed by atoms with E-state index in [0.717, 1.165) is 23.7 Å². The summed E-state index contributed by atoms with van der Waals surface area (Å²) < 4.78 is 0. The Morgan fingerprint density at radius 1 is 1.13 bits per heavy atom. The molecule has 1 aromatic rings. The number of aryl methyl sites for hydroxylation is 1. The summed E-state index contributed by atoms with van der Waals surface area (Å²) in [5.41, 5.74) is 14.5. The predicted octanol–water partition coefficient (Wildman–Crippen LogP) is 3.22. The fourth-order valence-electron chi connectivity index (χ4n) is 1.71. The second-order valence-corrected chi connectivity index (χ2v) is 4.60. The molecule has 84 valence electrons. The van der Waals surface area contributed by atoms with Gasteiger partial charge in [0.2, 0.25) is 0 Å². The standard InChI is InChI=1S/C13H22N2/c1-10(2)5-3-4-6-11-9-12(14)7-8-13(11)15/h7-10H,3-6,14-15H2,1-2H3. The van der Waals surface area contributed by atoms with Gasteiger partial charge in [0.1, 0.15) is 0 Å². The van der Waals surface area contributed by atoms with Crippen molar-refractivity contribution < 1.29 is 0 Å². The van der Waals surface area contributed by atoms with Crippen LogP contribution in [0.2, 0.25) is 0 Å². The zero-order valence-corrected chi connectivity index (χ0v) is 9.79. The van der Waals surface area contributed by atoms with Crippen LogP contribution in [-0.4, -0.2) is 0 Å². The van der Waals surface area contributed by atoms with Gasteiger partial charge in [0.05, 0.1) is 0 Å². The summed E-state index contributed by atoms with van der Waals surface area (Å²) in [5, 5.41) is 0. The Kier molecular flexibility index (Phi) is 4.47. The summed E-state index contributed by atoms with van der Waals surface area (Å²) in [5.74, 6) is 0.795. The average molecular weight is 206 g/mol. The Labute approximate surface area is 92.7 Å². The van der Waals surface area contributed by atoms with E-state index in [-0.39, 0.29) is 0 Å². The van der Waals surface area contributed by atoms with Crippen molar-refractivity contribution in [1.82, 2.24) is 0 Å². The van der Waals surface area contributed by atoms with E-state index in [4.69, 9.17) is 11.5 Å². The Balaban J connectivity index is 2.40. The van der Waals surface area contributed by atoms with Gasteiger partial charge in [-0.2, -0.15) is 0 Å². The fraction of sp³-hybridized carbons (Fsp3) is 0.538. The van der Waals surface area contributed by atoms with Crippen molar-refractivity contribution in [3.8, 4) is 0 Å². The summed E-state index contributed by atoms with van der Waals surface area (Å²) in [6, 6.07) is 5.74. The molecule has 15 heavy (non-hydrogen) atoms. The summed E-state index contributed by atoms with van der Waals surface area (Å²) in [6.07, 6.45) is 4.81. The summed E-state index contributed by atoms with van der Waals surface area (Å²) in [7, 11) is 0. The third-order valence-corrected chi connectivity index (χ3v) is 2.64. The zero-order valence-electron chi connectivity index (χ0n) is 9.79. The van der Waals surface area contributed by atoms with E-state index in [1.54, 1.807) is 0 Å². The molecule has 4 N–H and O–H groups in total. The van der Waals surface area contributed by atoms with Gasteiger partial charge in [-0.3, -0.25) is 0 Å². The number of unbranched alkanes of at least 4 members (excludes halogenated alkanes) is 1. The minimum atomic E-state index is 0.795. The second-order valence-electron chi connectivity index (χ2n) is 4.60. The molecule has 0 heterocycles. The molecule has 0 unspecified atom stereocenters. The topological polar surface area (TPSA) is 52.0 Å². The van der Waals surface area contributed by atoms with Crippen molar-refractivity contribution >= 4 is 11.4 Å². The Bertz CT molecular complexity index is 305. The molecule has 1 aromatic carbocycles. The van der Waals surface area contributed by atoms with Gasteiger partial charge in [-0.15, -0.1) is 0 Å². The van der Waals surface area contributed by atoms with E-state index >= 15 is 0 Å². The van der Waals surface area contributed by atoms with Crippen LogP contribution in [0.3, 0.4) is 0 Å². The van der Waals surface area contributed by atoms with Crippen LogP contribution in [0.1, 0.15) is 38.7 Å². The van der Waals surface area contributed by atoms with E-state index in [2.05, 4.69) is 13.8 Å². The van der Waals surface area contributed by atoms with Crippen molar-refractivity contribution in [2.45, 2.75) is 39.5 Å². The monoisotopic (exact) mass is 206 g/mol. The highest BCUT2D eigenvalue weighted by molar-refractivity contribution is 5.55. The molecule has 0 aliphatic heterocycles. The maximum atomic E-state index is 5.88. The van der Waals surface area contributed by atoms with Crippen molar-refractivity contribution in [2.24, 2.45) is 5.92 Å². The van der Waals surface area contributed by atoms with Gasteiger partial charge in [-0.05, 0) is 42.5 Å². The maximum absolute atomic E-state index is 5.88. The molecule has 2 heteroatoms. The first-order valence-electron chi connectivity index (χ1n) is 5.73. The van der Waals surface area contributed by atoms with Crippen LogP contribution in [0.15, 0.2) is 18.2 Å². The van der Waals surface area contributed by atoms with Crippen LogP contribution in [0.5, 0.6) is 0 Å². The van der Waals surface area contributed by atoms with Crippen LogP contribution >= 0.6 is 0 Å². The lowest BCUT2D eigenvalue weighted by Crippen LogP contribution is -1.97. The largest absolute Gasteiger partial charge is 0.399 e. The molecule has 0 aliphatic carbocycles. The first-order valence-corrected chi connectivity index (χ1v) is 5.73. The van der Waals surface area contributed by atoms with Gasteiger partial charge in [0.15, 0.2) is 0 Å². The quantitative estimate of drug-likeness (QED) is 0.574. The van der Waals surface area contributed by atoms with E-state index in [0.29, 0.717) is 0 Å². The van der Waals surface area contributed by atoms with Crippen molar-refractivity contribution in [3.63, 3.8) is 0 Å². The SMILES string of the molecule is CC(C)CCCCc1cc(N)ccc1N. The smallest absolute Gasteiger partial charge is 0.0348 e. The van der Waals surface area contributed by atoms with Crippen LogP contribution in [0.4, 0.5) is 11.4 Å². The molecule has 0 amide bonds. The molecule has 0 bridgehead atoms. The molecule has 0 fully saturated rings. The first kappa shape index (κ1) is 11.9. The van der Waals surface area contributed by atoms with Gasteiger partial charge < -0.3 is 11.5 Å². The maximum Gasteiger partial charge on any atom is 0.0348 e. The summed E-state index contributed by atoms with van der Waals surface area (Å²) in [4.78, 5) is 0. The minimum absolute atomic E-state index is 0.795. The molecular formula is C13H22N2. The van der Waals surface area contributed by atoms with Crippen molar-refractivity contribution in [2.75, 3.05) is 11.5 Å². The predicted molar refractivity (Wildman–Crippen MR) is 67.7 cm³/mol. The lowest BCUT2D eigenvalue weighted by atomic mass is 10.0. The van der Waals surface area contributed by atoms with Gasteiger partial charge in [-0.25, -0.2) is 0 Å². The number of benzene rings is 1. The second kappa shape index (κ2) is 5.64. The van der Waals surface area contributed by atoms with Gasteiger partial charge in [-0.1, -0.05) is 26.7 Å². The van der Waals surface area contributed by atoms with Crippen molar-refractivity contribution in [3.05, 3.63) is 23.8 Å². The Morgan fingerprint density at radius 3 is 2.53 bits per heavy atom. The highest BCUT2D eigenvalue weighted by Gasteiger charge is 2.00. The van der Waals surface area contributed by atoms with Crippen molar-refractivity contribution in [1.29, 1.82) is 0 Å². The molecule has 0 atom stereocenters. The minimum Gasteiger partial charge on any atom is -0.399 e. The van der Waals surface area contributed by atoms with E-state index < -0.39 is 0 Å². The first-order chi connectivity index (χ1) is 7.09. The van der Waals surface area contributed by atoms with Crippen LogP contribution < -0.4 is 11.5 Å². The Morgan fingerprint density at radius 2 is 1.87 bits per heavy atom. The number of nitrogen functional groups attached to an aromatic ring is 2. The van der Waals surface area contributed by atoms with E-state index in [9.17, 15) is 0 Å². The molecule has 0 saturated carbocycles. The molecule has 0 radical (unpaired) electrons. The average Bonchev–Trinajstić information content (AvgIpc) is 2.17. The molecule has 1 rings (SSSR count). The van der Waals surface area contributed by atoms with Gasteiger partial charge >= 0.3 is 0 Å². The Hall–Kier alpha value is -1.18. The highest BCUT2D eigenvalue weighted by Crippen LogP contribution is 2.18. The van der Waals surface area contributed by atoms with Crippen LogP contribution in [-0.2, 0) is 6.42 Å². The molecule has 0 aromatic heterocycles. The van der Waals surface area contributed by atoms with Gasteiger partial charge in [0, 0.05) is 11.4 Å². The number of anilines is 2. The molecule has 0 saturated heterocycles. The third-order valence-electron chi connectivity index (χ3n) is 2.64. The fourth-order valence-corrected chi connectivity index (χ4v) is 1.71. The molecular weight excluding hydrogens is 184 g/mol. The third kappa shape index (κ3) is 4.24. The lowest BCUT2D eigenvalue weighted by molar-refractivity contribution is 0.538. The van der Waals surface area contributed by atoms with Crippen LogP contribution in [0.25, 0.3) is 0 Å². The number of hydrogen-bond acceptors (Lipinski definition) is 2. The number of nitrogens with two attached hydrogens (primary N) is 2. The zero-order chi connectivity index (χ0) is 11.3. The normalized spacial score (nSPS) is 10.9.